The van der Waals surface area contributed by atoms with Gasteiger partial charge in [-0.2, -0.15) is 0 Å². The summed E-state index contributed by atoms with van der Waals surface area (Å²) >= 11 is 0. The third kappa shape index (κ3) is 5.99. The topological polar surface area (TPSA) is 30.5 Å². The molecule has 0 heterocycles. The Morgan fingerprint density at radius 2 is 2.00 bits per heavy atom. The highest BCUT2D eigenvalue weighted by molar-refractivity contribution is 5.43. The van der Waals surface area contributed by atoms with E-state index >= 15 is 0 Å². The van der Waals surface area contributed by atoms with E-state index in [1.54, 1.807) is 0 Å². The van der Waals surface area contributed by atoms with Gasteiger partial charge >= 0.3 is 0 Å². The van der Waals surface area contributed by atoms with Crippen molar-refractivity contribution in [2.24, 2.45) is 0 Å². The van der Waals surface area contributed by atoms with Crippen LogP contribution in [-0.2, 0) is 6.54 Å². The summed E-state index contributed by atoms with van der Waals surface area (Å²) in [5.74, 6) is 7.46. The van der Waals surface area contributed by atoms with E-state index in [2.05, 4.69) is 30.1 Å². The van der Waals surface area contributed by atoms with Crippen LogP contribution in [0.15, 0.2) is 18.2 Å². The SMILES string of the molecule is CC#CCCOc1ccc(CNCCC)cc1OCC. The van der Waals surface area contributed by atoms with E-state index in [-0.39, 0.29) is 0 Å². The fourth-order valence-electron chi connectivity index (χ4n) is 1.80. The van der Waals surface area contributed by atoms with Crippen molar-refractivity contribution in [1.82, 2.24) is 5.32 Å². The molecule has 0 saturated heterocycles. The molecule has 1 rings (SSSR count). The van der Waals surface area contributed by atoms with Crippen LogP contribution >= 0.6 is 0 Å². The molecule has 3 heteroatoms. The van der Waals surface area contributed by atoms with E-state index in [4.69, 9.17) is 9.47 Å². The molecule has 0 aliphatic carbocycles. The molecule has 0 fully saturated rings. The number of ether oxygens (including phenoxy) is 2. The maximum Gasteiger partial charge on any atom is 0.161 e. The maximum absolute atomic E-state index is 5.72. The molecule has 0 atom stereocenters. The van der Waals surface area contributed by atoms with Crippen LogP contribution in [0.4, 0.5) is 0 Å². The molecule has 0 bridgehead atoms. The number of hydrogen-bond donors (Lipinski definition) is 1. The molecule has 0 aliphatic rings. The first kappa shape index (κ1) is 16.4. The average Bonchev–Trinajstić information content (AvgIpc) is 2.46. The van der Waals surface area contributed by atoms with Crippen molar-refractivity contribution in [2.75, 3.05) is 19.8 Å². The maximum atomic E-state index is 5.72. The lowest BCUT2D eigenvalue weighted by molar-refractivity contribution is 0.281. The summed E-state index contributed by atoms with van der Waals surface area (Å²) < 4.78 is 11.4. The van der Waals surface area contributed by atoms with Crippen molar-refractivity contribution < 1.29 is 9.47 Å². The summed E-state index contributed by atoms with van der Waals surface area (Å²) in [6.07, 6.45) is 1.87. The van der Waals surface area contributed by atoms with Crippen LogP contribution in [0.5, 0.6) is 11.5 Å². The molecule has 1 aromatic rings. The lowest BCUT2D eigenvalue weighted by atomic mass is 10.2. The molecule has 0 spiro atoms. The molecule has 1 N–H and O–H groups in total. The third-order valence-electron chi connectivity index (χ3n) is 2.73. The van der Waals surface area contributed by atoms with Gasteiger partial charge in [0.05, 0.1) is 13.2 Å². The molecule has 0 aliphatic heterocycles. The van der Waals surface area contributed by atoms with Gasteiger partial charge in [-0.25, -0.2) is 0 Å². The summed E-state index contributed by atoms with van der Waals surface area (Å²) in [4.78, 5) is 0. The summed E-state index contributed by atoms with van der Waals surface area (Å²) in [5.41, 5.74) is 1.21. The Bertz CT molecular complexity index is 446. The Labute approximate surface area is 122 Å². The van der Waals surface area contributed by atoms with Crippen LogP contribution in [0.3, 0.4) is 0 Å². The minimum Gasteiger partial charge on any atom is -0.490 e. The second kappa shape index (κ2) is 10.2. The molecular formula is C17H25NO2. The van der Waals surface area contributed by atoms with Crippen LogP contribution in [-0.4, -0.2) is 19.8 Å². The minimum absolute atomic E-state index is 0.592. The van der Waals surface area contributed by atoms with Gasteiger partial charge in [0.25, 0.3) is 0 Å². The van der Waals surface area contributed by atoms with Crippen LogP contribution in [0, 0.1) is 11.8 Å². The van der Waals surface area contributed by atoms with Crippen molar-refractivity contribution in [2.45, 2.75) is 40.2 Å². The van der Waals surface area contributed by atoms with E-state index in [9.17, 15) is 0 Å². The first-order valence-corrected chi connectivity index (χ1v) is 7.30. The first-order valence-electron chi connectivity index (χ1n) is 7.30. The van der Waals surface area contributed by atoms with Crippen LogP contribution in [0.2, 0.25) is 0 Å². The van der Waals surface area contributed by atoms with Crippen LogP contribution in [0.1, 0.15) is 39.2 Å². The predicted molar refractivity (Wildman–Crippen MR) is 83.2 cm³/mol. The Hall–Kier alpha value is -1.66. The van der Waals surface area contributed by atoms with E-state index in [1.165, 1.54) is 5.56 Å². The van der Waals surface area contributed by atoms with Gasteiger partial charge in [-0.15, -0.1) is 11.8 Å². The quantitative estimate of drug-likeness (QED) is 0.553. The number of rotatable bonds is 9. The number of benzene rings is 1. The van der Waals surface area contributed by atoms with E-state index in [0.29, 0.717) is 13.2 Å². The van der Waals surface area contributed by atoms with E-state index < -0.39 is 0 Å². The first-order chi connectivity index (χ1) is 9.81. The summed E-state index contributed by atoms with van der Waals surface area (Å²) in [5, 5.41) is 3.39. The molecule has 110 valence electrons. The van der Waals surface area contributed by atoms with Crippen molar-refractivity contribution in [3.63, 3.8) is 0 Å². The van der Waals surface area contributed by atoms with Gasteiger partial charge in [-0.05, 0) is 44.5 Å². The molecule has 1 aromatic carbocycles. The van der Waals surface area contributed by atoms with Crippen molar-refractivity contribution in [1.29, 1.82) is 0 Å². The standard InChI is InChI=1S/C17H25NO2/c1-4-7-8-12-20-16-10-9-15(14-18-11-5-2)13-17(16)19-6-3/h9-10,13,18H,5-6,8,11-12,14H2,1-3H3. The van der Waals surface area contributed by atoms with Crippen molar-refractivity contribution in [3.8, 4) is 23.3 Å². The molecule has 0 saturated carbocycles. The molecule has 0 radical (unpaired) electrons. The minimum atomic E-state index is 0.592. The van der Waals surface area contributed by atoms with Gasteiger partial charge < -0.3 is 14.8 Å². The summed E-state index contributed by atoms with van der Waals surface area (Å²) in [7, 11) is 0. The Balaban J connectivity index is 2.64. The average molecular weight is 275 g/mol. The van der Waals surface area contributed by atoms with Gasteiger partial charge in [0.2, 0.25) is 0 Å². The second-order valence-electron chi connectivity index (χ2n) is 4.42. The molecular weight excluding hydrogens is 250 g/mol. The monoisotopic (exact) mass is 275 g/mol. The molecule has 0 unspecified atom stereocenters. The Kier molecular flexibility index (Phi) is 8.33. The van der Waals surface area contributed by atoms with Gasteiger partial charge in [0.15, 0.2) is 11.5 Å². The lowest BCUT2D eigenvalue weighted by Gasteiger charge is -2.13. The highest BCUT2D eigenvalue weighted by Gasteiger charge is 2.06. The van der Waals surface area contributed by atoms with Crippen LogP contribution in [0.25, 0.3) is 0 Å². The Morgan fingerprint density at radius 3 is 2.70 bits per heavy atom. The second-order valence-corrected chi connectivity index (χ2v) is 4.42. The van der Waals surface area contributed by atoms with E-state index in [0.717, 1.165) is 37.4 Å². The zero-order valence-electron chi connectivity index (χ0n) is 12.8. The molecule has 3 nitrogen and oxygen atoms in total. The Morgan fingerprint density at radius 1 is 1.15 bits per heavy atom. The number of nitrogens with one attached hydrogen (secondary N) is 1. The van der Waals surface area contributed by atoms with Crippen molar-refractivity contribution in [3.05, 3.63) is 23.8 Å². The van der Waals surface area contributed by atoms with Gasteiger partial charge in [-0.3, -0.25) is 0 Å². The highest BCUT2D eigenvalue weighted by Crippen LogP contribution is 2.28. The van der Waals surface area contributed by atoms with E-state index in [1.807, 2.05) is 26.0 Å². The lowest BCUT2D eigenvalue weighted by Crippen LogP contribution is -2.13. The number of hydrogen-bond acceptors (Lipinski definition) is 3. The van der Waals surface area contributed by atoms with Crippen molar-refractivity contribution >= 4 is 0 Å². The highest BCUT2D eigenvalue weighted by atomic mass is 16.5. The predicted octanol–water partition coefficient (Wildman–Crippen LogP) is 3.38. The smallest absolute Gasteiger partial charge is 0.161 e. The zero-order valence-corrected chi connectivity index (χ0v) is 12.8. The fourth-order valence-corrected chi connectivity index (χ4v) is 1.80. The molecule has 20 heavy (non-hydrogen) atoms. The largest absolute Gasteiger partial charge is 0.490 e. The fraction of sp³-hybridized carbons (Fsp3) is 0.529. The van der Waals surface area contributed by atoms with Gasteiger partial charge in [-0.1, -0.05) is 13.0 Å². The van der Waals surface area contributed by atoms with Gasteiger partial charge in [0.1, 0.15) is 0 Å². The summed E-state index contributed by atoms with van der Waals surface area (Å²) in [6.45, 7) is 9.09. The zero-order chi connectivity index (χ0) is 14.6. The third-order valence-corrected chi connectivity index (χ3v) is 2.73. The van der Waals surface area contributed by atoms with Crippen LogP contribution < -0.4 is 14.8 Å². The van der Waals surface area contributed by atoms with Gasteiger partial charge in [0, 0.05) is 13.0 Å². The molecule has 0 amide bonds. The normalized spacial score (nSPS) is 9.75. The summed E-state index contributed by atoms with van der Waals surface area (Å²) in [6, 6.07) is 6.10. The molecule has 0 aromatic heterocycles.